The molecule has 0 aromatic carbocycles. The van der Waals surface area contributed by atoms with Gasteiger partial charge in [-0.1, -0.05) is 6.92 Å². The van der Waals surface area contributed by atoms with Crippen LogP contribution in [0.25, 0.3) is 0 Å². The number of rotatable bonds is 5. The van der Waals surface area contributed by atoms with Gasteiger partial charge in [0.2, 0.25) is 0 Å². The number of halogens is 4. The van der Waals surface area contributed by atoms with Gasteiger partial charge >= 0.3 is 12.3 Å². The van der Waals surface area contributed by atoms with E-state index in [1.807, 2.05) is 0 Å². The number of aromatic nitrogens is 2. The maximum absolute atomic E-state index is 12.6. The number of alkyl halides is 4. The monoisotopic (exact) mass is 252 g/mol. The zero-order valence-electron chi connectivity index (χ0n) is 9.05. The highest BCUT2D eigenvalue weighted by Gasteiger charge is 2.40. The van der Waals surface area contributed by atoms with E-state index >= 15 is 0 Å². The molecule has 0 saturated carbocycles. The molecule has 0 aliphatic carbocycles. The van der Waals surface area contributed by atoms with Crippen molar-refractivity contribution in [1.82, 2.24) is 9.97 Å². The molecule has 96 valence electrons. The minimum absolute atomic E-state index is 0.00896. The molecule has 17 heavy (non-hydrogen) atoms. The summed E-state index contributed by atoms with van der Waals surface area (Å²) in [7, 11) is 0. The summed E-state index contributed by atoms with van der Waals surface area (Å²) in [4.78, 5) is 7.66. The molecule has 0 amide bonds. The molecule has 3 N–H and O–H groups in total. The standard InChI is InChI=1S/C9H12F4N4/c1-2-6-16-5(14)3-7(17-6)15-4-9(12,13)8(10)11/h3,8H,2,4H2,1H3,(H3,14,15,16,17). The molecular weight excluding hydrogens is 240 g/mol. The number of nitrogens with one attached hydrogen (secondary N) is 1. The van der Waals surface area contributed by atoms with E-state index in [0.717, 1.165) is 0 Å². The van der Waals surface area contributed by atoms with Crippen LogP contribution in [0.15, 0.2) is 6.07 Å². The van der Waals surface area contributed by atoms with Crippen LogP contribution in [0.1, 0.15) is 12.7 Å². The molecule has 1 heterocycles. The number of anilines is 2. The Balaban J connectivity index is 2.72. The molecule has 0 saturated heterocycles. The number of hydrogen-bond donors (Lipinski definition) is 2. The predicted molar refractivity (Wildman–Crippen MR) is 55.3 cm³/mol. The SMILES string of the molecule is CCc1nc(N)cc(NCC(F)(F)C(F)F)n1. The van der Waals surface area contributed by atoms with Gasteiger partial charge in [0.1, 0.15) is 17.5 Å². The van der Waals surface area contributed by atoms with Crippen LogP contribution in [0.3, 0.4) is 0 Å². The number of nitrogens with two attached hydrogens (primary N) is 1. The minimum Gasteiger partial charge on any atom is -0.384 e. The van der Waals surface area contributed by atoms with Gasteiger partial charge < -0.3 is 11.1 Å². The number of nitrogens with zero attached hydrogens (tertiary/aromatic N) is 2. The van der Waals surface area contributed by atoms with Gasteiger partial charge in [-0.2, -0.15) is 8.78 Å². The Hall–Kier alpha value is -1.60. The molecule has 8 heteroatoms. The predicted octanol–water partition coefficient (Wildman–Crippen LogP) is 1.93. The van der Waals surface area contributed by atoms with Gasteiger partial charge in [0, 0.05) is 12.5 Å². The second-order valence-corrected chi connectivity index (χ2v) is 3.36. The summed E-state index contributed by atoms with van der Waals surface area (Å²) in [5, 5.41) is 2.12. The Morgan fingerprint density at radius 2 is 2.06 bits per heavy atom. The number of hydrogen-bond acceptors (Lipinski definition) is 4. The first-order valence-electron chi connectivity index (χ1n) is 4.88. The summed E-state index contributed by atoms with van der Waals surface area (Å²) in [5.74, 6) is -3.64. The highest BCUT2D eigenvalue weighted by atomic mass is 19.3. The van der Waals surface area contributed by atoms with Gasteiger partial charge in [0.15, 0.2) is 0 Å². The van der Waals surface area contributed by atoms with Crippen molar-refractivity contribution in [1.29, 1.82) is 0 Å². The van der Waals surface area contributed by atoms with Crippen LogP contribution in [0.5, 0.6) is 0 Å². The second kappa shape index (κ2) is 5.15. The van der Waals surface area contributed by atoms with Gasteiger partial charge in [0.05, 0.1) is 6.54 Å². The van der Waals surface area contributed by atoms with Crippen LogP contribution in [0, 0.1) is 0 Å². The third-order valence-electron chi connectivity index (χ3n) is 1.93. The molecule has 0 radical (unpaired) electrons. The van der Waals surface area contributed by atoms with Gasteiger partial charge in [0.25, 0.3) is 0 Å². The lowest BCUT2D eigenvalue weighted by Crippen LogP contribution is -2.35. The lowest BCUT2D eigenvalue weighted by Gasteiger charge is -2.16. The smallest absolute Gasteiger partial charge is 0.324 e. The van der Waals surface area contributed by atoms with Crippen molar-refractivity contribution in [2.24, 2.45) is 0 Å². The lowest BCUT2D eigenvalue weighted by atomic mass is 10.3. The molecule has 0 fully saturated rings. The first-order valence-corrected chi connectivity index (χ1v) is 4.88. The van der Waals surface area contributed by atoms with Gasteiger partial charge in [-0.25, -0.2) is 18.7 Å². The van der Waals surface area contributed by atoms with Crippen molar-refractivity contribution < 1.29 is 17.6 Å². The van der Waals surface area contributed by atoms with E-state index in [2.05, 4.69) is 15.3 Å². The van der Waals surface area contributed by atoms with Gasteiger partial charge in [-0.3, -0.25) is 0 Å². The molecule has 0 aliphatic rings. The zero-order chi connectivity index (χ0) is 13.1. The molecule has 0 spiro atoms. The summed E-state index contributed by atoms with van der Waals surface area (Å²) >= 11 is 0. The third-order valence-corrected chi connectivity index (χ3v) is 1.93. The molecule has 0 bridgehead atoms. The third kappa shape index (κ3) is 3.72. The van der Waals surface area contributed by atoms with Crippen molar-refractivity contribution >= 4 is 11.6 Å². The molecule has 0 aliphatic heterocycles. The molecule has 0 atom stereocenters. The van der Waals surface area contributed by atoms with Gasteiger partial charge in [-0.05, 0) is 0 Å². The van der Waals surface area contributed by atoms with E-state index in [1.165, 1.54) is 6.07 Å². The molecular formula is C9H12F4N4. The fraction of sp³-hybridized carbons (Fsp3) is 0.556. The van der Waals surface area contributed by atoms with Crippen molar-refractivity contribution in [3.05, 3.63) is 11.9 Å². The second-order valence-electron chi connectivity index (χ2n) is 3.36. The van der Waals surface area contributed by atoms with Crippen LogP contribution in [-0.2, 0) is 6.42 Å². The maximum Gasteiger partial charge on any atom is 0.324 e. The van der Waals surface area contributed by atoms with Crippen LogP contribution in [0.2, 0.25) is 0 Å². The molecule has 4 nitrogen and oxygen atoms in total. The first kappa shape index (κ1) is 13.5. The van der Waals surface area contributed by atoms with Crippen molar-refractivity contribution in [2.45, 2.75) is 25.7 Å². The molecule has 1 aromatic rings. The van der Waals surface area contributed by atoms with E-state index < -0.39 is 18.9 Å². The van der Waals surface area contributed by atoms with Crippen LogP contribution >= 0.6 is 0 Å². The van der Waals surface area contributed by atoms with E-state index in [0.29, 0.717) is 12.2 Å². The van der Waals surface area contributed by atoms with Gasteiger partial charge in [-0.15, -0.1) is 0 Å². The van der Waals surface area contributed by atoms with E-state index in [4.69, 9.17) is 5.73 Å². The summed E-state index contributed by atoms with van der Waals surface area (Å²) in [6, 6.07) is 1.21. The fourth-order valence-electron chi connectivity index (χ4n) is 1.05. The highest BCUT2D eigenvalue weighted by Crippen LogP contribution is 2.23. The quantitative estimate of drug-likeness (QED) is 0.786. The summed E-state index contributed by atoms with van der Waals surface area (Å²) in [6.45, 7) is 0.552. The largest absolute Gasteiger partial charge is 0.384 e. The lowest BCUT2D eigenvalue weighted by molar-refractivity contribution is -0.117. The average molecular weight is 252 g/mol. The van der Waals surface area contributed by atoms with Crippen molar-refractivity contribution in [3.63, 3.8) is 0 Å². The number of nitrogen functional groups attached to an aromatic ring is 1. The Morgan fingerprint density at radius 1 is 1.41 bits per heavy atom. The van der Waals surface area contributed by atoms with Crippen LogP contribution in [-0.4, -0.2) is 28.9 Å². The fourth-order valence-corrected chi connectivity index (χ4v) is 1.05. The van der Waals surface area contributed by atoms with Crippen LogP contribution in [0.4, 0.5) is 29.2 Å². The average Bonchev–Trinajstić information content (AvgIpc) is 2.25. The molecule has 1 rings (SSSR count). The van der Waals surface area contributed by atoms with Crippen molar-refractivity contribution in [2.75, 3.05) is 17.6 Å². The zero-order valence-corrected chi connectivity index (χ0v) is 9.05. The first-order chi connectivity index (χ1) is 7.85. The summed E-state index contributed by atoms with van der Waals surface area (Å²) < 4.78 is 49.0. The highest BCUT2D eigenvalue weighted by molar-refractivity contribution is 5.44. The van der Waals surface area contributed by atoms with Crippen LogP contribution < -0.4 is 11.1 Å². The topological polar surface area (TPSA) is 63.8 Å². The maximum atomic E-state index is 12.6. The van der Waals surface area contributed by atoms with E-state index in [-0.39, 0.29) is 11.6 Å². The Kier molecular flexibility index (Phi) is 4.08. The Labute approximate surface area is 95.2 Å². The molecule has 0 unspecified atom stereocenters. The Morgan fingerprint density at radius 3 is 2.59 bits per heavy atom. The summed E-state index contributed by atoms with van der Waals surface area (Å²) in [5.41, 5.74) is 5.41. The van der Waals surface area contributed by atoms with E-state index in [1.54, 1.807) is 6.92 Å². The molecule has 1 aromatic heterocycles. The minimum atomic E-state index is -4.11. The normalized spacial score (nSPS) is 11.9. The Bertz CT molecular complexity index is 383. The van der Waals surface area contributed by atoms with E-state index in [9.17, 15) is 17.6 Å². The summed E-state index contributed by atoms with van der Waals surface area (Å²) in [6.07, 6.45) is -3.26. The number of aryl methyl sites for hydroxylation is 1. The van der Waals surface area contributed by atoms with Crippen molar-refractivity contribution in [3.8, 4) is 0 Å².